The van der Waals surface area contributed by atoms with Crippen molar-refractivity contribution < 1.29 is 14.7 Å². The van der Waals surface area contributed by atoms with Crippen molar-refractivity contribution in [2.24, 2.45) is 23.7 Å². The van der Waals surface area contributed by atoms with E-state index in [9.17, 15) is 9.59 Å². The highest BCUT2D eigenvalue weighted by molar-refractivity contribution is 5.76. The van der Waals surface area contributed by atoms with E-state index in [4.69, 9.17) is 5.11 Å². The average molecular weight is 182 g/mol. The van der Waals surface area contributed by atoms with Crippen molar-refractivity contribution in [3.05, 3.63) is 12.7 Å². The molecule has 0 saturated heterocycles. The van der Waals surface area contributed by atoms with Gasteiger partial charge in [-0.2, -0.15) is 0 Å². The van der Waals surface area contributed by atoms with Crippen LogP contribution in [0.25, 0.3) is 0 Å². The molecule has 0 aliphatic heterocycles. The summed E-state index contributed by atoms with van der Waals surface area (Å²) in [4.78, 5) is 21.6. The van der Waals surface area contributed by atoms with Crippen LogP contribution in [0.2, 0.25) is 0 Å². The first kappa shape index (κ1) is 9.96. The summed E-state index contributed by atoms with van der Waals surface area (Å²) >= 11 is 0. The summed E-state index contributed by atoms with van der Waals surface area (Å²) in [5, 5.41) is 8.91. The zero-order valence-electron chi connectivity index (χ0n) is 7.64. The molecule has 1 fully saturated rings. The molecule has 4 unspecified atom stereocenters. The lowest BCUT2D eigenvalue weighted by atomic mass is 9.89. The van der Waals surface area contributed by atoms with Gasteiger partial charge in [0.2, 0.25) is 0 Å². The standard InChI is InChI=1S/C10H14O3/c1-3-7-4-6(2)9(10(12)13)8(7)5-11/h3,5-9H,1,4H2,2H3,(H,12,13). The van der Waals surface area contributed by atoms with E-state index in [-0.39, 0.29) is 17.8 Å². The monoisotopic (exact) mass is 182 g/mol. The van der Waals surface area contributed by atoms with Crippen molar-refractivity contribution in [3.8, 4) is 0 Å². The third-order valence-electron chi connectivity index (χ3n) is 2.91. The molecule has 13 heavy (non-hydrogen) atoms. The molecule has 0 spiro atoms. The fourth-order valence-corrected chi connectivity index (χ4v) is 2.23. The predicted octanol–water partition coefficient (Wildman–Crippen LogP) is 1.34. The molecule has 3 nitrogen and oxygen atoms in total. The van der Waals surface area contributed by atoms with E-state index in [0.29, 0.717) is 0 Å². The van der Waals surface area contributed by atoms with Crippen molar-refractivity contribution in [2.45, 2.75) is 13.3 Å². The van der Waals surface area contributed by atoms with Gasteiger partial charge in [-0.3, -0.25) is 4.79 Å². The molecule has 1 aliphatic carbocycles. The summed E-state index contributed by atoms with van der Waals surface area (Å²) in [5.74, 6) is -1.68. The van der Waals surface area contributed by atoms with E-state index in [1.807, 2.05) is 6.92 Å². The van der Waals surface area contributed by atoms with Gasteiger partial charge >= 0.3 is 5.97 Å². The Labute approximate surface area is 77.4 Å². The SMILES string of the molecule is C=CC1CC(C)C(C(=O)O)C1C=O. The van der Waals surface area contributed by atoms with E-state index in [1.54, 1.807) is 6.08 Å². The molecule has 1 saturated carbocycles. The van der Waals surface area contributed by atoms with Crippen molar-refractivity contribution in [2.75, 3.05) is 0 Å². The molecule has 1 N–H and O–H groups in total. The molecule has 0 heterocycles. The molecular formula is C10H14O3. The number of carboxylic acid groups (broad SMARTS) is 1. The second kappa shape index (κ2) is 3.73. The van der Waals surface area contributed by atoms with Crippen LogP contribution in [0.15, 0.2) is 12.7 Å². The van der Waals surface area contributed by atoms with Gasteiger partial charge in [0.25, 0.3) is 0 Å². The lowest BCUT2D eigenvalue weighted by Crippen LogP contribution is -2.25. The predicted molar refractivity (Wildman–Crippen MR) is 48.1 cm³/mol. The smallest absolute Gasteiger partial charge is 0.307 e. The van der Waals surface area contributed by atoms with E-state index < -0.39 is 11.9 Å². The van der Waals surface area contributed by atoms with Gasteiger partial charge in [-0.25, -0.2) is 0 Å². The average Bonchev–Trinajstić information content (AvgIpc) is 2.41. The molecule has 0 radical (unpaired) electrons. The van der Waals surface area contributed by atoms with Gasteiger partial charge in [0.1, 0.15) is 6.29 Å². The summed E-state index contributed by atoms with van der Waals surface area (Å²) < 4.78 is 0. The first-order valence-corrected chi connectivity index (χ1v) is 4.42. The Bertz CT molecular complexity index is 234. The molecule has 3 heteroatoms. The minimum absolute atomic E-state index is 0.0357. The maximum Gasteiger partial charge on any atom is 0.307 e. The second-order valence-electron chi connectivity index (χ2n) is 3.69. The normalized spacial score (nSPS) is 38.5. The maximum atomic E-state index is 10.8. The molecule has 0 amide bonds. The third-order valence-corrected chi connectivity index (χ3v) is 2.91. The first-order valence-electron chi connectivity index (χ1n) is 4.42. The molecule has 0 bridgehead atoms. The van der Waals surface area contributed by atoms with Crippen LogP contribution >= 0.6 is 0 Å². The molecule has 0 aromatic heterocycles. The Kier molecular flexibility index (Phi) is 2.86. The van der Waals surface area contributed by atoms with Crippen molar-refractivity contribution in [1.29, 1.82) is 0 Å². The van der Waals surface area contributed by atoms with E-state index in [2.05, 4.69) is 6.58 Å². The van der Waals surface area contributed by atoms with Crippen molar-refractivity contribution in [3.63, 3.8) is 0 Å². The Morgan fingerprint density at radius 1 is 1.62 bits per heavy atom. The Morgan fingerprint density at radius 3 is 2.62 bits per heavy atom. The first-order chi connectivity index (χ1) is 6.11. The second-order valence-corrected chi connectivity index (χ2v) is 3.69. The van der Waals surface area contributed by atoms with Crippen LogP contribution in [-0.4, -0.2) is 17.4 Å². The summed E-state index contributed by atoms with van der Waals surface area (Å²) in [6, 6.07) is 0. The molecule has 1 aliphatic rings. The maximum absolute atomic E-state index is 10.8. The topological polar surface area (TPSA) is 54.4 Å². The van der Waals surface area contributed by atoms with Crippen LogP contribution in [0, 0.1) is 23.7 Å². The van der Waals surface area contributed by atoms with Gasteiger partial charge in [-0.1, -0.05) is 13.0 Å². The lowest BCUT2D eigenvalue weighted by molar-refractivity contribution is -0.145. The molecule has 72 valence electrons. The van der Waals surface area contributed by atoms with E-state index in [1.165, 1.54) is 0 Å². The minimum Gasteiger partial charge on any atom is -0.481 e. The number of carbonyl (C=O) groups excluding carboxylic acids is 1. The minimum atomic E-state index is -0.867. The highest BCUT2D eigenvalue weighted by Gasteiger charge is 2.43. The number of hydrogen-bond acceptors (Lipinski definition) is 2. The van der Waals surface area contributed by atoms with Crippen LogP contribution in [0.3, 0.4) is 0 Å². The van der Waals surface area contributed by atoms with Crippen LogP contribution in [0.1, 0.15) is 13.3 Å². The summed E-state index contributed by atoms with van der Waals surface area (Å²) in [6.07, 6.45) is 3.21. The number of rotatable bonds is 3. The van der Waals surface area contributed by atoms with Gasteiger partial charge in [-0.15, -0.1) is 6.58 Å². The van der Waals surface area contributed by atoms with Gasteiger partial charge in [0, 0.05) is 5.92 Å². The number of carbonyl (C=O) groups is 2. The Hall–Kier alpha value is -1.12. The molecule has 0 aromatic rings. The number of aliphatic carboxylic acids is 1. The van der Waals surface area contributed by atoms with Crippen LogP contribution in [0.5, 0.6) is 0 Å². The number of hydrogen-bond donors (Lipinski definition) is 1. The van der Waals surface area contributed by atoms with E-state index in [0.717, 1.165) is 12.7 Å². The highest BCUT2D eigenvalue weighted by Crippen LogP contribution is 2.40. The molecular weight excluding hydrogens is 168 g/mol. The van der Waals surface area contributed by atoms with Crippen LogP contribution in [-0.2, 0) is 9.59 Å². The fourth-order valence-electron chi connectivity index (χ4n) is 2.23. The highest BCUT2D eigenvalue weighted by atomic mass is 16.4. The van der Waals surface area contributed by atoms with Gasteiger partial charge in [0.15, 0.2) is 0 Å². The zero-order chi connectivity index (χ0) is 10.0. The van der Waals surface area contributed by atoms with Crippen molar-refractivity contribution in [1.82, 2.24) is 0 Å². The fraction of sp³-hybridized carbons (Fsp3) is 0.600. The van der Waals surface area contributed by atoms with Gasteiger partial charge < -0.3 is 9.90 Å². The largest absolute Gasteiger partial charge is 0.481 e. The van der Waals surface area contributed by atoms with E-state index >= 15 is 0 Å². The molecule has 4 atom stereocenters. The lowest BCUT2D eigenvalue weighted by Gasteiger charge is -2.14. The molecule has 0 aromatic carbocycles. The Balaban J connectivity index is 2.88. The van der Waals surface area contributed by atoms with Crippen molar-refractivity contribution >= 4 is 12.3 Å². The Morgan fingerprint density at radius 2 is 2.23 bits per heavy atom. The number of carboxylic acids is 1. The van der Waals surface area contributed by atoms with Crippen LogP contribution < -0.4 is 0 Å². The zero-order valence-corrected chi connectivity index (χ0v) is 7.64. The molecule has 1 rings (SSSR count). The summed E-state index contributed by atoms with van der Waals surface area (Å²) in [7, 11) is 0. The van der Waals surface area contributed by atoms with Gasteiger partial charge in [0.05, 0.1) is 5.92 Å². The van der Waals surface area contributed by atoms with Crippen LogP contribution in [0.4, 0.5) is 0 Å². The number of aldehydes is 1. The quantitative estimate of drug-likeness (QED) is 0.529. The van der Waals surface area contributed by atoms with Gasteiger partial charge in [-0.05, 0) is 18.3 Å². The summed E-state index contributed by atoms with van der Waals surface area (Å²) in [5.41, 5.74) is 0. The number of allylic oxidation sites excluding steroid dienone is 1. The summed E-state index contributed by atoms with van der Waals surface area (Å²) in [6.45, 7) is 5.49. The third kappa shape index (κ3) is 1.64.